The van der Waals surface area contributed by atoms with Crippen LogP contribution < -0.4 is 15.2 Å². The summed E-state index contributed by atoms with van der Waals surface area (Å²) in [6.45, 7) is 1.37. The summed E-state index contributed by atoms with van der Waals surface area (Å²) in [6.07, 6.45) is 0.901. The van der Waals surface area contributed by atoms with Gasteiger partial charge in [-0.25, -0.2) is 0 Å². The third kappa shape index (κ3) is 3.35. The standard InChI is InChI=1S/C16H15BrINO2/c17-13-4-3-11(18)9-12(13)16(19)10-2-5-14-15(8-10)21-7-1-6-20-14/h2-5,8-9,16H,1,6-7,19H2. The first-order valence-corrected chi connectivity index (χ1v) is 8.62. The molecular formula is C16H15BrINO2. The first kappa shape index (κ1) is 15.1. The minimum Gasteiger partial charge on any atom is -0.490 e. The lowest BCUT2D eigenvalue weighted by Crippen LogP contribution is -2.13. The molecule has 0 saturated heterocycles. The van der Waals surface area contributed by atoms with E-state index in [-0.39, 0.29) is 6.04 Å². The molecular weight excluding hydrogens is 445 g/mol. The molecule has 0 aromatic heterocycles. The summed E-state index contributed by atoms with van der Waals surface area (Å²) < 4.78 is 13.6. The van der Waals surface area contributed by atoms with Crippen LogP contribution >= 0.6 is 38.5 Å². The molecule has 1 heterocycles. The van der Waals surface area contributed by atoms with Crippen LogP contribution in [0.15, 0.2) is 40.9 Å². The molecule has 2 aromatic carbocycles. The fraction of sp³-hybridized carbons (Fsp3) is 0.250. The molecule has 110 valence electrons. The number of benzene rings is 2. The van der Waals surface area contributed by atoms with Gasteiger partial charge in [-0.1, -0.05) is 22.0 Å². The SMILES string of the molecule is NC(c1ccc2c(c1)OCCCO2)c1cc(I)ccc1Br. The highest BCUT2D eigenvalue weighted by Gasteiger charge is 2.17. The smallest absolute Gasteiger partial charge is 0.161 e. The maximum atomic E-state index is 6.43. The normalized spacial score (nSPS) is 15.4. The first-order chi connectivity index (χ1) is 10.1. The van der Waals surface area contributed by atoms with Gasteiger partial charge >= 0.3 is 0 Å². The second-order valence-electron chi connectivity index (χ2n) is 4.90. The van der Waals surface area contributed by atoms with Crippen LogP contribution in [0, 0.1) is 3.57 Å². The maximum absolute atomic E-state index is 6.43. The molecule has 1 unspecified atom stereocenters. The molecule has 0 aliphatic carbocycles. The van der Waals surface area contributed by atoms with Gasteiger partial charge in [-0.15, -0.1) is 0 Å². The Morgan fingerprint density at radius 3 is 2.62 bits per heavy atom. The van der Waals surface area contributed by atoms with Gasteiger partial charge in [-0.2, -0.15) is 0 Å². The molecule has 1 aliphatic rings. The van der Waals surface area contributed by atoms with E-state index in [0.29, 0.717) is 13.2 Å². The van der Waals surface area contributed by atoms with E-state index in [2.05, 4.69) is 50.7 Å². The lowest BCUT2D eigenvalue weighted by molar-refractivity contribution is 0.297. The van der Waals surface area contributed by atoms with E-state index >= 15 is 0 Å². The average Bonchev–Trinajstić information content (AvgIpc) is 2.73. The van der Waals surface area contributed by atoms with Crippen LogP contribution in [0.3, 0.4) is 0 Å². The van der Waals surface area contributed by atoms with Gasteiger partial charge in [0, 0.05) is 14.5 Å². The minimum absolute atomic E-state index is 0.203. The van der Waals surface area contributed by atoms with Crippen molar-refractivity contribution < 1.29 is 9.47 Å². The second kappa shape index (κ2) is 6.54. The zero-order chi connectivity index (χ0) is 14.8. The van der Waals surface area contributed by atoms with Crippen molar-refractivity contribution in [3.05, 3.63) is 55.6 Å². The lowest BCUT2D eigenvalue weighted by Gasteiger charge is -2.17. The zero-order valence-corrected chi connectivity index (χ0v) is 15.1. The highest BCUT2D eigenvalue weighted by Crippen LogP contribution is 2.35. The van der Waals surface area contributed by atoms with Gasteiger partial charge in [0.1, 0.15) is 0 Å². The fourth-order valence-electron chi connectivity index (χ4n) is 2.31. The Labute approximate surface area is 146 Å². The Morgan fingerprint density at radius 2 is 1.81 bits per heavy atom. The van der Waals surface area contributed by atoms with Crippen molar-refractivity contribution in [1.82, 2.24) is 0 Å². The van der Waals surface area contributed by atoms with E-state index in [0.717, 1.165) is 37.1 Å². The summed E-state index contributed by atoms with van der Waals surface area (Å²) >= 11 is 5.87. The van der Waals surface area contributed by atoms with Gasteiger partial charge in [-0.05, 0) is 64.0 Å². The summed E-state index contributed by atoms with van der Waals surface area (Å²) in [7, 11) is 0. The summed E-state index contributed by atoms with van der Waals surface area (Å²) in [6, 6.07) is 11.9. The Bertz CT molecular complexity index is 663. The molecule has 0 spiro atoms. The average molecular weight is 460 g/mol. The number of ether oxygens (including phenoxy) is 2. The summed E-state index contributed by atoms with van der Waals surface area (Å²) in [5.74, 6) is 1.58. The molecule has 1 atom stereocenters. The first-order valence-electron chi connectivity index (χ1n) is 6.75. The quantitative estimate of drug-likeness (QED) is 0.682. The predicted molar refractivity (Wildman–Crippen MR) is 94.9 cm³/mol. The molecule has 21 heavy (non-hydrogen) atoms. The third-order valence-corrected chi connectivity index (χ3v) is 4.82. The van der Waals surface area contributed by atoms with E-state index in [4.69, 9.17) is 15.2 Å². The number of halogens is 2. The van der Waals surface area contributed by atoms with Crippen molar-refractivity contribution in [2.45, 2.75) is 12.5 Å². The maximum Gasteiger partial charge on any atom is 0.161 e. The van der Waals surface area contributed by atoms with Crippen molar-refractivity contribution in [2.75, 3.05) is 13.2 Å². The van der Waals surface area contributed by atoms with Crippen molar-refractivity contribution in [3.63, 3.8) is 0 Å². The molecule has 0 saturated carbocycles. The number of hydrogen-bond donors (Lipinski definition) is 1. The van der Waals surface area contributed by atoms with E-state index in [1.807, 2.05) is 24.3 Å². The topological polar surface area (TPSA) is 44.5 Å². The third-order valence-electron chi connectivity index (χ3n) is 3.42. The zero-order valence-electron chi connectivity index (χ0n) is 11.3. The van der Waals surface area contributed by atoms with E-state index in [1.165, 1.54) is 0 Å². The fourth-order valence-corrected chi connectivity index (χ4v) is 3.31. The predicted octanol–water partition coefficient (Wildman–Crippen LogP) is 4.26. The van der Waals surface area contributed by atoms with Crippen LogP contribution in [0.4, 0.5) is 0 Å². The number of rotatable bonds is 2. The number of fused-ring (bicyclic) bond motifs is 1. The van der Waals surface area contributed by atoms with Crippen LogP contribution in [0.1, 0.15) is 23.6 Å². The van der Waals surface area contributed by atoms with Crippen LogP contribution in [0.25, 0.3) is 0 Å². The van der Waals surface area contributed by atoms with Crippen LogP contribution in [-0.2, 0) is 0 Å². The Balaban J connectivity index is 1.96. The summed E-state index contributed by atoms with van der Waals surface area (Å²) in [4.78, 5) is 0. The van der Waals surface area contributed by atoms with Gasteiger partial charge in [0.15, 0.2) is 11.5 Å². The molecule has 0 bridgehead atoms. The molecule has 0 fully saturated rings. The van der Waals surface area contributed by atoms with Crippen molar-refractivity contribution in [1.29, 1.82) is 0 Å². The number of nitrogens with two attached hydrogens (primary N) is 1. The lowest BCUT2D eigenvalue weighted by atomic mass is 9.99. The highest BCUT2D eigenvalue weighted by molar-refractivity contribution is 14.1. The van der Waals surface area contributed by atoms with Gasteiger partial charge in [-0.3, -0.25) is 0 Å². The van der Waals surface area contributed by atoms with E-state index in [9.17, 15) is 0 Å². The summed E-state index contributed by atoms with van der Waals surface area (Å²) in [5.41, 5.74) is 8.51. The molecule has 2 N–H and O–H groups in total. The van der Waals surface area contributed by atoms with Crippen LogP contribution in [0.2, 0.25) is 0 Å². The number of hydrogen-bond acceptors (Lipinski definition) is 3. The van der Waals surface area contributed by atoms with E-state index in [1.54, 1.807) is 0 Å². The van der Waals surface area contributed by atoms with Gasteiger partial charge in [0.25, 0.3) is 0 Å². The molecule has 0 amide bonds. The summed E-state index contributed by atoms with van der Waals surface area (Å²) in [5, 5.41) is 0. The van der Waals surface area contributed by atoms with Crippen LogP contribution in [-0.4, -0.2) is 13.2 Å². The highest BCUT2D eigenvalue weighted by atomic mass is 127. The molecule has 0 radical (unpaired) electrons. The van der Waals surface area contributed by atoms with E-state index < -0.39 is 0 Å². The molecule has 2 aromatic rings. The van der Waals surface area contributed by atoms with Gasteiger partial charge in [0.05, 0.1) is 19.3 Å². The second-order valence-corrected chi connectivity index (χ2v) is 7.00. The largest absolute Gasteiger partial charge is 0.490 e. The van der Waals surface area contributed by atoms with Crippen LogP contribution in [0.5, 0.6) is 11.5 Å². The Kier molecular flexibility index (Phi) is 4.71. The minimum atomic E-state index is -0.203. The Hall–Kier alpha value is -0.790. The molecule has 5 heteroatoms. The molecule has 3 rings (SSSR count). The molecule has 1 aliphatic heterocycles. The monoisotopic (exact) mass is 459 g/mol. The van der Waals surface area contributed by atoms with Gasteiger partial charge < -0.3 is 15.2 Å². The van der Waals surface area contributed by atoms with Crippen molar-refractivity contribution in [3.8, 4) is 11.5 Å². The van der Waals surface area contributed by atoms with Crippen molar-refractivity contribution >= 4 is 38.5 Å². The van der Waals surface area contributed by atoms with Gasteiger partial charge in [0.2, 0.25) is 0 Å². The molecule has 3 nitrogen and oxygen atoms in total. The Morgan fingerprint density at radius 1 is 1.05 bits per heavy atom. The van der Waals surface area contributed by atoms with Crippen molar-refractivity contribution in [2.24, 2.45) is 5.73 Å².